The van der Waals surface area contributed by atoms with Gasteiger partial charge in [-0.25, -0.2) is 0 Å². The highest BCUT2D eigenvalue weighted by atomic mass is 15.0. The van der Waals surface area contributed by atoms with E-state index in [-0.39, 0.29) is 0 Å². The van der Waals surface area contributed by atoms with E-state index in [2.05, 4.69) is 42.2 Å². The first-order valence-electron chi connectivity index (χ1n) is 6.66. The van der Waals surface area contributed by atoms with Gasteiger partial charge >= 0.3 is 0 Å². The van der Waals surface area contributed by atoms with E-state index in [1.165, 1.54) is 31.2 Å². The molecule has 1 heterocycles. The predicted octanol–water partition coefficient (Wildman–Crippen LogP) is 3.18. The lowest BCUT2D eigenvalue weighted by Gasteiger charge is -2.11. The fourth-order valence-electron chi connectivity index (χ4n) is 2.65. The van der Waals surface area contributed by atoms with Crippen molar-refractivity contribution < 1.29 is 0 Å². The van der Waals surface area contributed by atoms with Gasteiger partial charge < -0.3 is 9.88 Å². The topological polar surface area (TPSA) is 17.0 Å². The highest BCUT2D eigenvalue weighted by Gasteiger charge is 2.20. The molecule has 0 radical (unpaired) electrons. The fraction of sp³-hybridized carbons (Fsp3) is 0.714. The molecule has 1 fully saturated rings. The Labute approximate surface area is 99.0 Å². The van der Waals surface area contributed by atoms with Crippen molar-refractivity contribution in [2.24, 2.45) is 5.92 Å². The lowest BCUT2D eigenvalue weighted by Crippen LogP contribution is -2.25. The Hall–Kier alpha value is -0.760. The Kier molecular flexibility index (Phi) is 4.05. The van der Waals surface area contributed by atoms with Crippen LogP contribution in [0.15, 0.2) is 18.5 Å². The molecule has 2 rings (SSSR count). The lowest BCUT2D eigenvalue weighted by molar-refractivity contribution is 0.502. The van der Waals surface area contributed by atoms with Gasteiger partial charge in [0.25, 0.3) is 0 Å². The number of nitrogens with one attached hydrogen (secondary N) is 1. The van der Waals surface area contributed by atoms with E-state index in [1.54, 1.807) is 0 Å². The molecule has 1 aliphatic rings. The molecule has 2 atom stereocenters. The maximum Gasteiger partial charge on any atom is 0.0223 e. The zero-order chi connectivity index (χ0) is 11.4. The van der Waals surface area contributed by atoms with Crippen molar-refractivity contribution in [2.45, 2.75) is 58.7 Å². The molecule has 0 aliphatic heterocycles. The molecule has 90 valence electrons. The summed E-state index contributed by atoms with van der Waals surface area (Å²) in [4.78, 5) is 0. The molecule has 0 spiro atoms. The van der Waals surface area contributed by atoms with Crippen molar-refractivity contribution in [1.29, 1.82) is 0 Å². The van der Waals surface area contributed by atoms with Crippen LogP contribution in [-0.2, 0) is 13.1 Å². The molecule has 0 amide bonds. The fourth-order valence-corrected chi connectivity index (χ4v) is 2.65. The Morgan fingerprint density at radius 3 is 3.00 bits per heavy atom. The largest absolute Gasteiger partial charge is 0.354 e. The second-order valence-corrected chi connectivity index (χ2v) is 5.25. The van der Waals surface area contributed by atoms with Crippen LogP contribution in [-0.4, -0.2) is 10.6 Å². The van der Waals surface area contributed by atoms with Crippen molar-refractivity contribution in [3.8, 4) is 0 Å². The maximum atomic E-state index is 3.67. The number of aryl methyl sites for hydroxylation is 1. The molecular formula is C14H24N2. The van der Waals surface area contributed by atoms with Gasteiger partial charge in [-0.2, -0.15) is 0 Å². The Balaban J connectivity index is 1.76. The SMILES string of the molecule is CCCn1ccc(CNC2CCC(C)C2)c1. The van der Waals surface area contributed by atoms with Crippen LogP contribution in [0.1, 0.15) is 45.1 Å². The highest BCUT2D eigenvalue weighted by molar-refractivity contribution is 5.10. The average Bonchev–Trinajstić information content (AvgIpc) is 2.85. The molecule has 1 aromatic rings. The van der Waals surface area contributed by atoms with Crippen LogP contribution < -0.4 is 5.32 Å². The summed E-state index contributed by atoms with van der Waals surface area (Å²) in [5.74, 6) is 0.919. The van der Waals surface area contributed by atoms with Gasteiger partial charge in [0.05, 0.1) is 0 Å². The van der Waals surface area contributed by atoms with Crippen molar-refractivity contribution in [3.05, 3.63) is 24.0 Å². The van der Waals surface area contributed by atoms with Crippen LogP contribution in [0.2, 0.25) is 0 Å². The standard InChI is InChI=1S/C14H24N2/c1-3-7-16-8-6-13(11-16)10-15-14-5-4-12(2)9-14/h6,8,11-12,14-15H,3-5,7,9-10H2,1-2H3. The first-order valence-corrected chi connectivity index (χ1v) is 6.66. The summed E-state index contributed by atoms with van der Waals surface area (Å²) in [5.41, 5.74) is 1.42. The van der Waals surface area contributed by atoms with Gasteiger partial charge in [-0.05, 0) is 43.2 Å². The molecule has 16 heavy (non-hydrogen) atoms. The molecule has 2 nitrogen and oxygen atoms in total. The van der Waals surface area contributed by atoms with Gasteiger partial charge in [0.2, 0.25) is 0 Å². The third kappa shape index (κ3) is 3.11. The number of nitrogens with zero attached hydrogens (tertiary/aromatic N) is 1. The molecule has 1 aromatic heterocycles. The average molecular weight is 220 g/mol. The minimum Gasteiger partial charge on any atom is -0.354 e. The minimum absolute atomic E-state index is 0.754. The first kappa shape index (κ1) is 11.7. The summed E-state index contributed by atoms with van der Waals surface area (Å²) in [6, 6.07) is 2.99. The van der Waals surface area contributed by atoms with Gasteiger partial charge in [0.15, 0.2) is 0 Å². The zero-order valence-corrected chi connectivity index (χ0v) is 10.6. The summed E-state index contributed by atoms with van der Waals surface area (Å²) in [6.07, 6.45) is 9.79. The molecule has 1 saturated carbocycles. The van der Waals surface area contributed by atoms with E-state index in [1.807, 2.05) is 0 Å². The second-order valence-electron chi connectivity index (χ2n) is 5.25. The second kappa shape index (κ2) is 5.53. The quantitative estimate of drug-likeness (QED) is 0.806. The summed E-state index contributed by atoms with van der Waals surface area (Å²) < 4.78 is 2.29. The molecule has 2 unspecified atom stereocenters. The molecular weight excluding hydrogens is 196 g/mol. The monoisotopic (exact) mass is 220 g/mol. The maximum absolute atomic E-state index is 3.67. The van der Waals surface area contributed by atoms with E-state index < -0.39 is 0 Å². The van der Waals surface area contributed by atoms with Crippen LogP contribution in [0.3, 0.4) is 0 Å². The molecule has 1 N–H and O–H groups in total. The Morgan fingerprint density at radius 1 is 1.44 bits per heavy atom. The molecule has 1 aliphatic carbocycles. The van der Waals surface area contributed by atoms with Crippen LogP contribution in [0.25, 0.3) is 0 Å². The van der Waals surface area contributed by atoms with Crippen LogP contribution in [0.5, 0.6) is 0 Å². The van der Waals surface area contributed by atoms with Crippen molar-refractivity contribution in [1.82, 2.24) is 9.88 Å². The minimum atomic E-state index is 0.754. The predicted molar refractivity (Wildman–Crippen MR) is 68.4 cm³/mol. The van der Waals surface area contributed by atoms with Gasteiger partial charge in [-0.1, -0.05) is 13.8 Å². The molecule has 0 saturated heterocycles. The van der Waals surface area contributed by atoms with Crippen LogP contribution in [0.4, 0.5) is 0 Å². The van der Waals surface area contributed by atoms with E-state index in [0.29, 0.717) is 0 Å². The molecule has 2 heteroatoms. The van der Waals surface area contributed by atoms with Gasteiger partial charge in [-0.3, -0.25) is 0 Å². The van der Waals surface area contributed by atoms with E-state index in [0.717, 1.165) is 25.0 Å². The summed E-state index contributed by atoms with van der Waals surface area (Å²) in [5, 5.41) is 3.67. The van der Waals surface area contributed by atoms with Crippen molar-refractivity contribution in [2.75, 3.05) is 0 Å². The van der Waals surface area contributed by atoms with Gasteiger partial charge in [0.1, 0.15) is 0 Å². The van der Waals surface area contributed by atoms with Crippen LogP contribution in [0, 0.1) is 5.92 Å². The number of aromatic nitrogens is 1. The van der Waals surface area contributed by atoms with Crippen LogP contribution >= 0.6 is 0 Å². The van der Waals surface area contributed by atoms with Crippen molar-refractivity contribution in [3.63, 3.8) is 0 Å². The Morgan fingerprint density at radius 2 is 2.31 bits per heavy atom. The first-order chi connectivity index (χ1) is 7.78. The van der Waals surface area contributed by atoms with Gasteiger partial charge in [0, 0.05) is 31.5 Å². The summed E-state index contributed by atoms with van der Waals surface area (Å²) >= 11 is 0. The summed E-state index contributed by atoms with van der Waals surface area (Å²) in [7, 11) is 0. The van der Waals surface area contributed by atoms with E-state index >= 15 is 0 Å². The molecule has 0 aromatic carbocycles. The number of hydrogen-bond donors (Lipinski definition) is 1. The van der Waals surface area contributed by atoms with Gasteiger partial charge in [-0.15, -0.1) is 0 Å². The number of hydrogen-bond acceptors (Lipinski definition) is 1. The van der Waals surface area contributed by atoms with E-state index in [9.17, 15) is 0 Å². The number of rotatable bonds is 5. The van der Waals surface area contributed by atoms with Crippen molar-refractivity contribution >= 4 is 0 Å². The third-order valence-corrected chi connectivity index (χ3v) is 3.58. The smallest absolute Gasteiger partial charge is 0.0223 e. The summed E-state index contributed by atoms with van der Waals surface area (Å²) in [6.45, 7) is 6.76. The molecule has 0 bridgehead atoms. The zero-order valence-electron chi connectivity index (χ0n) is 10.6. The lowest BCUT2D eigenvalue weighted by atomic mass is 10.1. The third-order valence-electron chi connectivity index (χ3n) is 3.58. The van der Waals surface area contributed by atoms with E-state index in [4.69, 9.17) is 0 Å². The highest BCUT2D eigenvalue weighted by Crippen LogP contribution is 2.24. The Bertz CT molecular complexity index is 316. The normalized spacial score (nSPS) is 25.1.